The Balaban J connectivity index is 1.33. The smallest absolute Gasteiger partial charge is 0.324 e. The number of hydrogen-bond acceptors (Lipinski definition) is 4. The Bertz CT molecular complexity index is 1350. The van der Waals surface area contributed by atoms with Crippen molar-refractivity contribution in [3.63, 3.8) is 0 Å². The molecule has 7 heteroatoms. The number of aryl methyl sites for hydroxylation is 2. The minimum atomic E-state index is -1.24. The first kappa shape index (κ1) is 22.5. The number of hydrogen-bond donors (Lipinski definition) is 2. The average Bonchev–Trinajstić information content (AvgIpc) is 3.43. The van der Waals surface area contributed by atoms with Gasteiger partial charge in [0.25, 0.3) is 5.91 Å². The number of nitrogens with zero attached hydrogens (tertiary/aromatic N) is 1. The second-order valence-corrected chi connectivity index (χ2v) is 9.07. The zero-order valence-corrected chi connectivity index (χ0v) is 19.3. The molecule has 3 aromatic rings. The third kappa shape index (κ3) is 4.10. The summed E-state index contributed by atoms with van der Waals surface area (Å²) in [6, 6.07) is 20.7. The summed E-state index contributed by atoms with van der Waals surface area (Å²) >= 11 is 0. The maximum absolute atomic E-state index is 13.3. The molecule has 1 aliphatic heterocycles. The van der Waals surface area contributed by atoms with Gasteiger partial charge in [-0.1, -0.05) is 60.7 Å². The first-order valence-corrected chi connectivity index (χ1v) is 11.6. The lowest BCUT2D eigenvalue weighted by molar-refractivity contribution is -0.133. The summed E-state index contributed by atoms with van der Waals surface area (Å²) in [5.41, 5.74) is 3.07. The summed E-state index contributed by atoms with van der Waals surface area (Å²) in [6.45, 7) is 1.20. The van der Waals surface area contributed by atoms with Crippen molar-refractivity contribution < 1.29 is 19.2 Å². The standard InChI is InChI=1S/C28H25N3O4/c1-28(21-15-14-18-10-7-11-20(18)16-21)26(34)31(27(35)30-28)17-24(32)29-23-13-6-5-12-22(23)25(33)19-8-3-2-4-9-19/h2-6,8-9,12-16H,7,10-11,17H2,1H3,(H,29,32)(H,30,35)/t28-/m0/s1. The zero-order chi connectivity index (χ0) is 24.6. The van der Waals surface area contributed by atoms with Gasteiger partial charge in [-0.15, -0.1) is 0 Å². The van der Waals surface area contributed by atoms with Crippen molar-refractivity contribution in [1.29, 1.82) is 0 Å². The molecule has 0 saturated carbocycles. The van der Waals surface area contributed by atoms with E-state index in [1.165, 1.54) is 11.1 Å². The summed E-state index contributed by atoms with van der Waals surface area (Å²) in [4.78, 5) is 52.7. The Morgan fingerprint density at radius 3 is 2.46 bits per heavy atom. The van der Waals surface area contributed by atoms with Gasteiger partial charge in [0.2, 0.25) is 5.91 Å². The van der Waals surface area contributed by atoms with Crippen molar-refractivity contribution in [3.8, 4) is 0 Å². The predicted octanol–water partition coefficient (Wildman–Crippen LogP) is 3.81. The van der Waals surface area contributed by atoms with Crippen LogP contribution in [0.3, 0.4) is 0 Å². The van der Waals surface area contributed by atoms with E-state index in [2.05, 4.69) is 10.6 Å². The molecule has 3 aromatic carbocycles. The van der Waals surface area contributed by atoms with E-state index >= 15 is 0 Å². The first-order valence-electron chi connectivity index (χ1n) is 11.6. The summed E-state index contributed by atoms with van der Waals surface area (Å²) in [5, 5.41) is 5.46. The van der Waals surface area contributed by atoms with Gasteiger partial charge in [-0.2, -0.15) is 0 Å². The van der Waals surface area contributed by atoms with Crippen LogP contribution in [0.1, 0.15) is 46.0 Å². The van der Waals surface area contributed by atoms with Gasteiger partial charge in [0.1, 0.15) is 12.1 Å². The van der Waals surface area contributed by atoms with Crippen LogP contribution in [0.4, 0.5) is 10.5 Å². The first-order chi connectivity index (χ1) is 16.9. The van der Waals surface area contributed by atoms with Crippen LogP contribution in [-0.4, -0.2) is 35.1 Å². The lowest BCUT2D eigenvalue weighted by atomic mass is 9.89. The van der Waals surface area contributed by atoms with Gasteiger partial charge < -0.3 is 10.6 Å². The highest BCUT2D eigenvalue weighted by Crippen LogP contribution is 2.32. The third-order valence-electron chi connectivity index (χ3n) is 6.73. The van der Waals surface area contributed by atoms with Crippen LogP contribution in [0.15, 0.2) is 72.8 Å². The normalized spacial score (nSPS) is 18.8. The van der Waals surface area contributed by atoms with Crippen molar-refractivity contribution in [3.05, 3.63) is 101 Å². The van der Waals surface area contributed by atoms with Crippen molar-refractivity contribution in [2.24, 2.45) is 0 Å². The molecule has 0 aromatic heterocycles. The van der Waals surface area contributed by atoms with Crippen LogP contribution in [0.5, 0.6) is 0 Å². The van der Waals surface area contributed by atoms with Gasteiger partial charge in [0, 0.05) is 11.1 Å². The van der Waals surface area contributed by atoms with Crippen LogP contribution in [-0.2, 0) is 28.0 Å². The van der Waals surface area contributed by atoms with Crippen LogP contribution >= 0.6 is 0 Å². The van der Waals surface area contributed by atoms with Gasteiger partial charge >= 0.3 is 6.03 Å². The van der Waals surface area contributed by atoms with Crippen LogP contribution in [0.25, 0.3) is 0 Å². The number of para-hydroxylation sites is 1. The lowest BCUT2D eigenvalue weighted by Gasteiger charge is -2.23. The van der Waals surface area contributed by atoms with Crippen molar-refractivity contribution >= 4 is 29.3 Å². The highest BCUT2D eigenvalue weighted by molar-refractivity contribution is 6.15. The number of benzene rings is 3. The van der Waals surface area contributed by atoms with Gasteiger partial charge in [-0.3, -0.25) is 19.3 Å². The number of nitrogens with one attached hydrogen (secondary N) is 2. The van der Waals surface area contributed by atoms with E-state index in [1.807, 2.05) is 24.3 Å². The molecule has 2 N–H and O–H groups in total. The summed E-state index contributed by atoms with van der Waals surface area (Å²) in [6.07, 6.45) is 3.05. The fourth-order valence-electron chi connectivity index (χ4n) is 4.79. The van der Waals surface area contributed by atoms with Crippen molar-refractivity contribution in [1.82, 2.24) is 10.2 Å². The molecule has 0 bridgehead atoms. The molecule has 1 atom stereocenters. The number of urea groups is 1. The van der Waals surface area contributed by atoms with Gasteiger partial charge in [0.05, 0.1) is 5.69 Å². The predicted molar refractivity (Wildman–Crippen MR) is 131 cm³/mol. The molecule has 7 nitrogen and oxygen atoms in total. The second kappa shape index (κ2) is 8.83. The molecule has 176 valence electrons. The SMILES string of the molecule is C[C@@]1(c2ccc3c(c2)CCC3)NC(=O)N(CC(=O)Nc2ccccc2C(=O)c2ccccc2)C1=O. The van der Waals surface area contributed by atoms with Crippen molar-refractivity contribution in [2.45, 2.75) is 31.7 Å². The van der Waals surface area contributed by atoms with Gasteiger partial charge in [-0.05, 0) is 55.0 Å². The maximum Gasteiger partial charge on any atom is 0.325 e. The number of imide groups is 1. The summed E-state index contributed by atoms with van der Waals surface area (Å²) < 4.78 is 0. The van der Waals surface area contributed by atoms with E-state index in [4.69, 9.17) is 0 Å². The number of carbonyl (C=O) groups excluding carboxylic acids is 4. The molecule has 0 radical (unpaired) electrons. The number of anilines is 1. The number of fused-ring (bicyclic) bond motifs is 1. The largest absolute Gasteiger partial charge is 0.325 e. The van der Waals surface area contributed by atoms with E-state index in [9.17, 15) is 19.2 Å². The number of rotatable bonds is 6. The minimum Gasteiger partial charge on any atom is -0.324 e. The molecule has 0 spiro atoms. The Labute approximate surface area is 203 Å². The van der Waals surface area contributed by atoms with Crippen LogP contribution in [0, 0.1) is 0 Å². The fourth-order valence-corrected chi connectivity index (χ4v) is 4.79. The molecule has 1 saturated heterocycles. The van der Waals surface area contributed by atoms with E-state index < -0.39 is 29.9 Å². The quantitative estimate of drug-likeness (QED) is 0.426. The molecule has 2 aliphatic rings. The molecular weight excluding hydrogens is 442 g/mol. The highest BCUT2D eigenvalue weighted by Gasteiger charge is 2.49. The molecule has 35 heavy (non-hydrogen) atoms. The molecular formula is C28H25N3O4. The lowest BCUT2D eigenvalue weighted by Crippen LogP contribution is -2.42. The van der Waals surface area contributed by atoms with Crippen LogP contribution in [0.2, 0.25) is 0 Å². The number of carbonyl (C=O) groups is 4. The molecule has 5 rings (SSSR count). The minimum absolute atomic E-state index is 0.235. The monoisotopic (exact) mass is 467 g/mol. The third-order valence-corrected chi connectivity index (χ3v) is 6.73. The van der Waals surface area contributed by atoms with E-state index in [1.54, 1.807) is 55.5 Å². The topological polar surface area (TPSA) is 95.6 Å². The van der Waals surface area contributed by atoms with Gasteiger partial charge in [-0.25, -0.2) is 4.79 Å². The number of ketones is 1. The summed E-state index contributed by atoms with van der Waals surface area (Å²) in [7, 11) is 0. The molecule has 4 amide bonds. The molecule has 0 unspecified atom stereocenters. The average molecular weight is 468 g/mol. The van der Waals surface area contributed by atoms with E-state index in [0.29, 0.717) is 22.4 Å². The zero-order valence-electron chi connectivity index (χ0n) is 19.3. The molecule has 1 aliphatic carbocycles. The Kier molecular flexibility index (Phi) is 5.68. The fraction of sp³-hybridized carbons (Fsp3) is 0.214. The number of amides is 4. The van der Waals surface area contributed by atoms with E-state index in [0.717, 1.165) is 24.2 Å². The second-order valence-electron chi connectivity index (χ2n) is 9.07. The van der Waals surface area contributed by atoms with Crippen LogP contribution < -0.4 is 10.6 Å². The van der Waals surface area contributed by atoms with Crippen molar-refractivity contribution in [2.75, 3.05) is 11.9 Å². The maximum atomic E-state index is 13.3. The Morgan fingerprint density at radius 1 is 0.943 bits per heavy atom. The molecule has 1 fully saturated rings. The molecule has 1 heterocycles. The van der Waals surface area contributed by atoms with E-state index in [-0.39, 0.29) is 5.78 Å². The summed E-state index contributed by atoms with van der Waals surface area (Å²) in [5.74, 6) is -1.29. The van der Waals surface area contributed by atoms with Gasteiger partial charge in [0.15, 0.2) is 5.78 Å². The highest BCUT2D eigenvalue weighted by atomic mass is 16.2. The Hall–Kier alpha value is -4.26. The Morgan fingerprint density at radius 2 is 1.66 bits per heavy atom.